The zero-order valence-corrected chi connectivity index (χ0v) is 17.6. The van der Waals surface area contributed by atoms with Crippen molar-refractivity contribution in [2.75, 3.05) is 49.5 Å². The fourth-order valence-electron chi connectivity index (χ4n) is 4.44. The van der Waals surface area contributed by atoms with Crippen molar-refractivity contribution in [2.24, 2.45) is 0 Å². The number of anilines is 2. The van der Waals surface area contributed by atoms with Crippen molar-refractivity contribution in [3.8, 4) is 0 Å². The predicted molar refractivity (Wildman–Crippen MR) is 120 cm³/mol. The number of hydrogen-bond donors (Lipinski definition) is 1. The molecular weight excluding hydrogens is 360 g/mol. The summed E-state index contributed by atoms with van der Waals surface area (Å²) in [5.41, 5.74) is 4.65. The summed E-state index contributed by atoms with van der Waals surface area (Å²) in [4.78, 5) is 19.9. The number of hydrogen-bond acceptors (Lipinski definition) is 3. The maximum atomic E-state index is 12.8. The Hall–Kier alpha value is -2.53. The van der Waals surface area contributed by atoms with Crippen LogP contribution in [0, 0.1) is 13.8 Å². The maximum Gasteiger partial charge on any atom is 0.321 e. The van der Waals surface area contributed by atoms with Gasteiger partial charge >= 0.3 is 6.03 Å². The van der Waals surface area contributed by atoms with Crippen molar-refractivity contribution in [2.45, 2.75) is 32.7 Å². The van der Waals surface area contributed by atoms with Gasteiger partial charge in [0.1, 0.15) is 0 Å². The molecule has 29 heavy (non-hydrogen) atoms. The molecule has 2 aliphatic rings. The third-order valence-corrected chi connectivity index (χ3v) is 6.39. The highest BCUT2D eigenvalue weighted by Gasteiger charge is 2.30. The van der Waals surface area contributed by atoms with Gasteiger partial charge in [-0.15, -0.1) is 0 Å². The van der Waals surface area contributed by atoms with Crippen LogP contribution in [0.4, 0.5) is 16.2 Å². The van der Waals surface area contributed by atoms with E-state index in [4.69, 9.17) is 0 Å². The molecule has 0 aromatic heterocycles. The van der Waals surface area contributed by atoms with Gasteiger partial charge in [0, 0.05) is 56.7 Å². The molecule has 2 heterocycles. The van der Waals surface area contributed by atoms with Crippen molar-refractivity contribution >= 4 is 17.4 Å². The summed E-state index contributed by atoms with van der Waals surface area (Å²) in [6.07, 6.45) is 2.25. The van der Waals surface area contributed by atoms with Crippen molar-refractivity contribution < 1.29 is 4.79 Å². The van der Waals surface area contributed by atoms with Crippen LogP contribution in [0.2, 0.25) is 0 Å². The fourth-order valence-corrected chi connectivity index (χ4v) is 4.44. The van der Waals surface area contributed by atoms with Gasteiger partial charge < -0.3 is 15.1 Å². The highest BCUT2D eigenvalue weighted by molar-refractivity contribution is 5.89. The average Bonchev–Trinajstić information content (AvgIpc) is 2.77. The third kappa shape index (κ3) is 4.73. The quantitative estimate of drug-likeness (QED) is 0.854. The number of urea groups is 1. The first-order valence-electron chi connectivity index (χ1n) is 10.8. The Labute approximate surface area is 174 Å². The van der Waals surface area contributed by atoms with E-state index >= 15 is 0 Å². The number of benzene rings is 2. The van der Waals surface area contributed by atoms with Crippen LogP contribution in [-0.2, 0) is 0 Å². The molecule has 5 nitrogen and oxygen atoms in total. The molecule has 1 atom stereocenters. The summed E-state index contributed by atoms with van der Waals surface area (Å²) in [7, 11) is 0. The first-order chi connectivity index (χ1) is 14.1. The van der Waals surface area contributed by atoms with Crippen molar-refractivity contribution in [1.29, 1.82) is 0 Å². The molecule has 2 fully saturated rings. The minimum absolute atomic E-state index is 0.0286. The van der Waals surface area contributed by atoms with Crippen LogP contribution in [0.25, 0.3) is 0 Å². The summed E-state index contributed by atoms with van der Waals surface area (Å²) in [6, 6.07) is 17.3. The van der Waals surface area contributed by atoms with E-state index in [0.29, 0.717) is 6.04 Å². The van der Waals surface area contributed by atoms with Crippen LogP contribution in [0.1, 0.15) is 24.0 Å². The number of piperazine rings is 1. The zero-order chi connectivity index (χ0) is 20.2. The largest absolute Gasteiger partial charge is 0.369 e. The lowest BCUT2D eigenvalue weighted by atomic mass is 10.0. The second-order valence-electron chi connectivity index (χ2n) is 8.33. The third-order valence-electron chi connectivity index (χ3n) is 6.39. The molecular formula is C24H32N4O. The lowest BCUT2D eigenvalue weighted by Crippen LogP contribution is -2.56. The summed E-state index contributed by atoms with van der Waals surface area (Å²) in [5, 5.41) is 3.09. The van der Waals surface area contributed by atoms with Crippen LogP contribution in [0.3, 0.4) is 0 Å². The van der Waals surface area contributed by atoms with Crippen molar-refractivity contribution in [1.82, 2.24) is 9.80 Å². The monoisotopic (exact) mass is 392 g/mol. The summed E-state index contributed by atoms with van der Waals surface area (Å²) in [5.74, 6) is 0. The highest BCUT2D eigenvalue weighted by atomic mass is 16.2. The Morgan fingerprint density at radius 3 is 2.41 bits per heavy atom. The van der Waals surface area contributed by atoms with Crippen LogP contribution in [0.5, 0.6) is 0 Å². The minimum Gasteiger partial charge on any atom is -0.369 e. The van der Waals surface area contributed by atoms with Gasteiger partial charge in [-0.2, -0.15) is 0 Å². The van der Waals surface area contributed by atoms with Gasteiger partial charge in [-0.05, 0) is 62.1 Å². The number of piperidine rings is 1. The molecule has 5 heteroatoms. The number of para-hydroxylation sites is 1. The van der Waals surface area contributed by atoms with E-state index in [1.807, 2.05) is 11.0 Å². The van der Waals surface area contributed by atoms with Crippen LogP contribution < -0.4 is 10.2 Å². The molecule has 0 aliphatic carbocycles. The standard InChI is InChI=1S/C24H32N4O/c1-19-10-11-21(17-20(19)2)25-24(29)28-12-6-9-23(18-28)27-15-13-26(14-16-27)22-7-4-3-5-8-22/h3-5,7-8,10-11,17,23H,6,9,12-16,18H2,1-2H3,(H,25,29)/t23-/m0/s1. The summed E-state index contributed by atoms with van der Waals surface area (Å²) < 4.78 is 0. The van der Waals surface area contributed by atoms with E-state index < -0.39 is 0 Å². The topological polar surface area (TPSA) is 38.8 Å². The van der Waals surface area contributed by atoms with Gasteiger partial charge in [-0.1, -0.05) is 24.3 Å². The highest BCUT2D eigenvalue weighted by Crippen LogP contribution is 2.22. The van der Waals surface area contributed by atoms with Gasteiger partial charge in [-0.3, -0.25) is 4.90 Å². The zero-order valence-electron chi connectivity index (χ0n) is 17.6. The van der Waals surface area contributed by atoms with E-state index in [1.165, 1.54) is 23.2 Å². The molecule has 0 bridgehead atoms. The van der Waals surface area contributed by atoms with Gasteiger partial charge in [0.25, 0.3) is 0 Å². The molecule has 2 aromatic carbocycles. The molecule has 2 amide bonds. The molecule has 1 N–H and O–H groups in total. The van der Waals surface area contributed by atoms with E-state index in [2.05, 4.69) is 71.4 Å². The van der Waals surface area contributed by atoms with Crippen molar-refractivity contribution in [3.05, 3.63) is 59.7 Å². The normalized spacial score (nSPS) is 20.6. The Bertz CT molecular complexity index is 830. The Morgan fingerprint density at radius 2 is 1.69 bits per heavy atom. The van der Waals surface area contributed by atoms with Gasteiger partial charge in [0.15, 0.2) is 0 Å². The second kappa shape index (κ2) is 8.87. The summed E-state index contributed by atoms with van der Waals surface area (Å²) >= 11 is 0. The molecule has 2 saturated heterocycles. The van der Waals surface area contributed by atoms with E-state index in [-0.39, 0.29) is 6.03 Å². The molecule has 0 radical (unpaired) electrons. The predicted octanol–water partition coefficient (Wildman–Crippen LogP) is 4.12. The Balaban J connectivity index is 1.31. The SMILES string of the molecule is Cc1ccc(NC(=O)N2CCC[C@H](N3CCN(c4ccccc4)CC3)C2)cc1C. The molecule has 0 unspecified atom stereocenters. The Kier molecular flexibility index (Phi) is 6.05. The number of carbonyl (C=O) groups excluding carboxylic acids is 1. The van der Waals surface area contributed by atoms with Crippen LogP contribution in [0.15, 0.2) is 48.5 Å². The van der Waals surface area contributed by atoms with Crippen LogP contribution in [-0.4, -0.2) is 61.1 Å². The molecule has 2 aliphatic heterocycles. The maximum absolute atomic E-state index is 12.8. The first kappa shape index (κ1) is 19.8. The Morgan fingerprint density at radius 1 is 0.931 bits per heavy atom. The van der Waals surface area contributed by atoms with E-state index in [9.17, 15) is 4.79 Å². The van der Waals surface area contributed by atoms with Crippen LogP contribution >= 0.6 is 0 Å². The van der Waals surface area contributed by atoms with Gasteiger partial charge in [0.2, 0.25) is 0 Å². The number of rotatable bonds is 3. The number of carbonyl (C=O) groups is 1. The number of amides is 2. The molecule has 154 valence electrons. The van der Waals surface area contributed by atoms with E-state index in [0.717, 1.165) is 51.4 Å². The van der Waals surface area contributed by atoms with E-state index in [1.54, 1.807) is 0 Å². The molecule has 0 spiro atoms. The molecule has 4 rings (SSSR count). The lowest BCUT2D eigenvalue weighted by molar-refractivity contribution is 0.108. The fraction of sp³-hybridized carbons (Fsp3) is 0.458. The average molecular weight is 393 g/mol. The molecule has 0 saturated carbocycles. The number of aryl methyl sites for hydroxylation is 2. The second-order valence-corrected chi connectivity index (χ2v) is 8.33. The van der Waals surface area contributed by atoms with Gasteiger partial charge in [-0.25, -0.2) is 4.79 Å². The lowest BCUT2D eigenvalue weighted by Gasteiger charge is -2.43. The number of likely N-dealkylation sites (tertiary alicyclic amines) is 1. The van der Waals surface area contributed by atoms with Gasteiger partial charge in [0.05, 0.1) is 0 Å². The smallest absolute Gasteiger partial charge is 0.321 e. The number of nitrogens with zero attached hydrogens (tertiary/aromatic N) is 3. The first-order valence-corrected chi connectivity index (χ1v) is 10.8. The minimum atomic E-state index is 0.0286. The summed E-state index contributed by atoms with van der Waals surface area (Å²) in [6.45, 7) is 10.1. The molecule has 2 aromatic rings. The number of nitrogens with one attached hydrogen (secondary N) is 1. The van der Waals surface area contributed by atoms with Crippen molar-refractivity contribution in [3.63, 3.8) is 0 Å².